The molecule has 0 aromatic rings. The number of carbonyl (C=O) groups excluding carboxylic acids is 2. The number of hydrogen-bond donors (Lipinski definition) is 3. The van der Waals surface area contributed by atoms with Gasteiger partial charge in [0.2, 0.25) is 0 Å². The van der Waals surface area contributed by atoms with Crippen molar-refractivity contribution in [2.45, 2.75) is 95.7 Å². The van der Waals surface area contributed by atoms with Gasteiger partial charge < -0.3 is 24.8 Å². The lowest BCUT2D eigenvalue weighted by atomic mass is 10.1. The predicted molar refractivity (Wildman–Crippen MR) is 150 cm³/mol. The Kier molecular flexibility index (Phi) is 18.2. The van der Waals surface area contributed by atoms with Crippen molar-refractivity contribution in [2.75, 3.05) is 0 Å². The highest BCUT2D eigenvalue weighted by Gasteiger charge is 2.10. The molecule has 0 saturated heterocycles. The third kappa shape index (κ3) is 18.3. The zero-order chi connectivity index (χ0) is 28.0. The highest BCUT2D eigenvalue weighted by Crippen LogP contribution is 2.09. The van der Waals surface area contributed by atoms with Crippen LogP contribution in [-0.4, -0.2) is 57.8 Å². The van der Waals surface area contributed by atoms with Gasteiger partial charge in [-0.1, -0.05) is 79.8 Å². The van der Waals surface area contributed by atoms with Crippen LogP contribution in [0.5, 0.6) is 0 Å². The Balaban J connectivity index is 2.87. The first kappa shape index (κ1) is 33.0. The molecule has 5 atom stereocenters. The second-order valence-corrected chi connectivity index (χ2v) is 9.16. The molecule has 0 unspecified atom stereocenters. The van der Waals surface area contributed by atoms with Gasteiger partial charge in [-0.25, -0.2) is 4.79 Å². The lowest BCUT2D eigenvalue weighted by Crippen LogP contribution is -2.15. The topological polar surface area (TPSA) is 113 Å². The van der Waals surface area contributed by atoms with Gasteiger partial charge in [0.15, 0.2) is 0 Å². The number of cyclic esters (lactones) is 1. The average Bonchev–Trinajstić information content (AvgIpc) is 2.86. The number of ether oxygens (including phenoxy) is 2. The van der Waals surface area contributed by atoms with E-state index in [1.54, 1.807) is 66.8 Å². The number of carbonyl (C=O) groups is 2. The van der Waals surface area contributed by atoms with Crippen LogP contribution < -0.4 is 0 Å². The van der Waals surface area contributed by atoms with Gasteiger partial charge in [0.25, 0.3) is 0 Å². The molecular weight excluding hydrogens is 484 g/mol. The van der Waals surface area contributed by atoms with Crippen LogP contribution in [0, 0.1) is 0 Å². The normalized spacial score (nSPS) is 30.7. The summed E-state index contributed by atoms with van der Waals surface area (Å²) in [5, 5.41) is 29.8. The molecule has 3 N–H and O–H groups in total. The molecule has 0 aromatic heterocycles. The molecule has 1 aliphatic rings. The van der Waals surface area contributed by atoms with Crippen LogP contribution in [-0.2, 0) is 19.1 Å². The number of rotatable bonds is 5. The molecule has 1 rings (SSSR count). The molecular formula is C31H44O7. The lowest BCUT2D eigenvalue weighted by Gasteiger charge is -2.12. The van der Waals surface area contributed by atoms with Gasteiger partial charge in [-0.15, -0.1) is 0 Å². The van der Waals surface area contributed by atoms with E-state index in [1.165, 1.54) is 6.08 Å². The summed E-state index contributed by atoms with van der Waals surface area (Å²) in [5.74, 6) is -0.842. The van der Waals surface area contributed by atoms with Gasteiger partial charge in [0.1, 0.15) is 6.10 Å². The van der Waals surface area contributed by atoms with Crippen molar-refractivity contribution in [2.24, 2.45) is 0 Å². The van der Waals surface area contributed by atoms with Gasteiger partial charge in [-0.3, -0.25) is 4.79 Å². The van der Waals surface area contributed by atoms with Crippen molar-refractivity contribution in [3.63, 3.8) is 0 Å². The molecule has 1 heterocycles. The SMILES string of the molecule is CC[C@H](O)/C=C/CC(=O)O[C@@H]1/C=C/C=C\C[C@H](O)C[C@@H](O)/C=C/C=C\CCC[C@@H](C)OC(=O)/C=C\C=C\C1. The Morgan fingerprint density at radius 3 is 2.58 bits per heavy atom. The Morgan fingerprint density at radius 1 is 1.08 bits per heavy atom. The second-order valence-electron chi connectivity index (χ2n) is 9.16. The summed E-state index contributed by atoms with van der Waals surface area (Å²) in [6.07, 6.45) is 25.1. The Morgan fingerprint density at radius 2 is 1.79 bits per heavy atom. The molecule has 38 heavy (non-hydrogen) atoms. The van der Waals surface area contributed by atoms with Crippen molar-refractivity contribution in [3.05, 3.63) is 85.1 Å². The van der Waals surface area contributed by atoms with Gasteiger partial charge in [-0.05, 0) is 45.1 Å². The van der Waals surface area contributed by atoms with Gasteiger partial charge in [0.05, 0.1) is 30.8 Å². The summed E-state index contributed by atoms with van der Waals surface area (Å²) in [5.41, 5.74) is 0. The number of allylic oxidation sites excluding steroid dienone is 7. The first-order chi connectivity index (χ1) is 18.3. The van der Waals surface area contributed by atoms with Crippen LogP contribution in [0.15, 0.2) is 85.1 Å². The number of aliphatic hydroxyl groups is 3. The van der Waals surface area contributed by atoms with Crippen LogP contribution >= 0.6 is 0 Å². The Labute approximate surface area is 227 Å². The van der Waals surface area contributed by atoms with Crippen LogP contribution in [0.2, 0.25) is 0 Å². The van der Waals surface area contributed by atoms with Gasteiger partial charge in [0, 0.05) is 18.9 Å². The van der Waals surface area contributed by atoms with E-state index in [0.29, 0.717) is 19.3 Å². The summed E-state index contributed by atoms with van der Waals surface area (Å²) in [6, 6.07) is 0. The zero-order valence-electron chi connectivity index (χ0n) is 22.6. The van der Waals surface area contributed by atoms with Gasteiger partial charge >= 0.3 is 11.9 Å². The minimum absolute atomic E-state index is 0.0453. The van der Waals surface area contributed by atoms with E-state index in [1.807, 2.05) is 26.0 Å². The summed E-state index contributed by atoms with van der Waals surface area (Å²) >= 11 is 0. The molecule has 7 nitrogen and oxygen atoms in total. The highest BCUT2D eigenvalue weighted by atomic mass is 16.5. The number of esters is 2. The van der Waals surface area contributed by atoms with Crippen molar-refractivity contribution >= 4 is 11.9 Å². The van der Waals surface area contributed by atoms with Crippen molar-refractivity contribution < 1.29 is 34.4 Å². The average molecular weight is 529 g/mol. The summed E-state index contributed by atoms with van der Waals surface area (Å²) in [4.78, 5) is 24.3. The van der Waals surface area contributed by atoms with E-state index in [4.69, 9.17) is 9.47 Å². The third-order valence-electron chi connectivity index (χ3n) is 5.57. The zero-order valence-corrected chi connectivity index (χ0v) is 22.6. The van der Waals surface area contributed by atoms with E-state index >= 15 is 0 Å². The van der Waals surface area contributed by atoms with Gasteiger partial charge in [-0.2, -0.15) is 0 Å². The van der Waals surface area contributed by atoms with E-state index in [9.17, 15) is 24.9 Å². The first-order valence-corrected chi connectivity index (χ1v) is 13.4. The summed E-state index contributed by atoms with van der Waals surface area (Å²) in [6.45, 7) is 3.70. The monoisotopic (exact) mass is 528 g/mol. The standard InChI is InChI=1S/C31H44O7/c1-3-26(32)19-15-23-31(36)38-29-20-12-7-11-18-28(34)24-27(33)17-10-6-4-5-9-16-25(2)37-30(35)22-14-8-13-21-29/h4,6-8,10-15,17,19-20,22,25-29,32-34H,3,5,9,16,18,21,23-24H2,1-2H3/b6-4-,11-7-,13-8+,17-10+,19-15+,20-12+,22-14-/t25-,26+,27+,28+,29-/m1/s1. The first-order valence-electron chi connectivity index (χ1n) is 13.4. The molecule has 210 valence electrons. The van der Waals surface area contributed by atoms with E-state index < -0.39 is 36.4 Å². The van der Waals surface area contributed by atoms with Crippen molar-refractivity contribution in [3.8, 4) is 0 Å². The fraction of sp³-hybridized carbons (Fsp3) is 0.484. The van der Waals surface area contributed by atoms with E-state index in [0.717, 1.165) is 19.3 Å². The molecule has 0 amide bonds. The maximum Gasteiger partial charge on any atom is 0.331 e. The molecule has 0 bridgehead atoms. The summed E-state index contributed by atoms with van der Waals surface area (Å²) in [7, 11) is 0. The largest absolute Gasteiger partial charge is 0.460 e. The fourth-order valence-corrected chi connectivity index (χ4v) is 3.41. The number of aliphatic hydroxyl groups excluding tert-OH is 3. The molecule has 0 spiro atoms. The molecule has 0 fully saturated rings. The maximum atomic E-state index is 12.2. The predicted octanol–water partition coefficient (Wildman–Crippen LogP) is 4.96. The minimum atomic E-state index is -0.750. The number of hydrogen-bond acceptors (Lipinski definition) is 7. The maximum absolute atomic E-state index is 12.2. The molecule has 0 aromatic carbocycles. The van der Waals surface area contributed by atoms with E-state index in [2.05, 4.69) is 0 Å². The minimum Gasteiger partial charge on any atom is -0.460 e. The molecule has 0 aliphatic carbocycles. The van der Waals surface area contributed by atoms with Crippen LogP contribution in [0.3, 0.4) is 0 Å². The van der Waals surface area contributed by atoms with Crippen molar-refractivity contribution in [1.82, 2.24) is 0 Å². The van der Waals surface area contributed by atoms with Crippen LogP contribution in [0.25, 0.3) is 0 Å². The van der Waals surface area contributed by atoms with E-state index in [-0.39, 0.29) is 18.9 Å². The Bertz CT molecular complexity index is 879. The summed E-state index contributed by atoms with van der Waals surface area (Å²) < 4.78 is 10.9. The molecule has 0 saturated carbocycles. The highest BCUT2D eigenvalue weighted by molar-refractivity contribution is 5.82. The quantitative estimate of drug-likeness (QED) is 0.341. The lowest BCUT2D eigenvalue weighted by molar-refractivity contribution is -0.145. The van der Waals surface area contributed by atoms with Crippen LogP contribution in [0.1, 0.15) is 65.2 Å². The molecule has 7 heteroatoms. The van der Waals surface area contributed by atoms with Crippen LogP contribution in [0.4, 0.5) is 0 Å². The smallest absolute Gasteiger partial charge is 0.331 e. The third-order valence-corrected chi connectivity index (χ3v) is 5.57. The Hall–Kier alpha value is -3.00. The second kappa shape index (κ2) is 21.0. The fourth-order valence-electron chi connectivity index (χ4n) is 3.41. The molecule has 1 aliphatic heterocycles. The van der Waals surface area contributed by atoms with Crippen molar-refractivity contribution in [1.29, 1.82) is 0 Å². The molecule has 0 radical (unpaired) electrons.